The van der Waals surface area contributed by atoms with Crippen LogP contribution in [0.4, 0.5) is 0 Å². The van der Waals surface area contributed by atoms with Crippen LogP contribution in [0.2, 0.25) is 0 Å². The molecule has 0 aliphatic carbocycles. The van der Waals surface area contributed by atoms with Crippen molar-refractivity contribution in [3.05, 3.63) is 89.0 Å². The van der Waals surface area contributed by atoms with E-state index in [0.717, 1.165) is 16.7 Å². The topological polar surface area (TPSA) is 74.6 Å². The van der Waals surface area contributed by atoms with Crippen LogP contribution in [0.25, 0.3) is 5.57 Å². The highest BCUT2D eigenvalue weighted by Gasteiger charge is 2.25. The molecule has 0 spiro atoms. The zero-order valence-corrected chi connectivity index (χ0v) is 15.8. The van der Waals surface area contributed by atoms with Gasteiger partial charge < -0.3 is 10.2 Å². The number of benzene rings is 2. The SMILES string of the molecule is CC(C)(C)CC(C=C(c1ccccc1)c1ccccc1)=C(C(=O)O)C(=O)O. The molecule has 4 nitrogen and oxygen atoms in total. The molecule has 0 atom stereocenters. The van der Waals surface area contributed by atoms with Crippen molar-refractivity contribution >= 4 is 17.5 Å². The first-order chi connectivity index (χ1) is 12.7. The molecule has 2 N–H and O–H groups in total. The second kappa shape index (κ2) is 8.49. The summed E-state index contributed by atoms with van der Waals surface area (Å²) >= 11 is 0. The third kappa shape index (κ3) is 5.68. The van der Waals surface area contributed by atoms with Gasteiger partial charge in [0, 0.05) is 0 Å². The molecule has 0 fully saturated rings. The Kier molecular flexibility index (Phi) is 6.35. The third-order valence-electron chi connectivity index (χ3n) is 3.96. The molecule has 0 saturated heterocycles. The van der Waals surface area contributed by atoms with Crippen molar-refractivity contribution in [3.63, 3.8) is 0 Å². The van der Waals surface area contributed by atoms with Gasteiger partial charge in [0.05, 0.1) is 0 Å². The number of rotatable bonds is 6. The monoisotopic (exact) mass is 364 g/mol. The Bertz CT molecular complexity index is 812. The van der Waals surface area contributed by atoms with Crippen LogP contribution in [-0.2, 0) is 9.59 Å². The summed E-state index contributed by atoms with van der Waals surface area (Å²) in [6, 6.07) is 19.1. The zero-order valence-electron chi connectivity index (χ0n) is 15.8. The number of hydrogen-bond donors (Lipinski definition) is 2. The lowest BCUT2D eigenvalue weighted by molar-refractivity contribution is -0.140. The maximum atomic E-state index is 11.7. The quantitative estimate of drug-likeness (QED) is 0.327. The third-order valence-corrected chi connectivity index (χ3v) is 3.96. The van der Waals surface area contributed by atoms with Crippen molar-refractivity contribution in [1.29, 1.82) is 0 Å². The summed E-state index contributed by atoms with van der Waals surface area (Å²) in [5, 5.41) is 19.0. The smallest absolute Gasteiger partial charge is 0.343 e. The van der Waals surface area contributed by atoms with Crippen LogP contribution >= 0.6 is 0 Å². The van der Waals surface area contributed by atoms with E-state index >= 15 is 0 Å². The van der Waals surface area contributed by atoms with E-state index in [1.165, 1.54) is 0 Å². The first-order valence-electron chi connectivity index (χ1n) is 8.71. The molecule has 4 heteroatoms. The maximum absolute atomic E-state index is 11.7. The summed E-state index contributed by atoms with van der Waals surface area (Å²) in [5.41, 5.74) is 2.01. The minimum absolute atomic E-state index is 0.277. The summed E-state index contributed by atoms with van der Waals surface area (Å²) in [7, 11) is 0. The van der Waals surface area contributed by atoms with Gasteiger partial charge in [0.15, 0.2) is 0 Å². The lowest BCUT2D eigenvalue weighted by Gasteiger charge is -2.21. The molecular weight excluding hydrogens is 340 g/mol. The first kappa shape index (κ1) is 20.2. The van der Waals surface area contributed by atoms with E-state index < -0.39 is 17.5 Å². The van der Waals surface area contributed by atoms with Gasteiger partial charge >= 0.3 is 11.9 Å². The van der Waals surface area contributed by atoms with E-state index in [1.54, 1.807) is 6.08 Å². The molecule has 2 aromatic carbocycles. The van der Waals surface area contributed by atoms with Gasteiger partial charge in [0.2, 0.25) is 0 Å². The predicted octanol–water partition coefficient (Wildman–Crippen LogP) is 5.02. The summed E-state index contributed by atoms with van der Waals surface area (Å²) in [6.45, 7) is 5.85. The molecule has 0 aliphatic heterocycles. The van der Waals surface area contributed by atoms with Crippen LogP contribution in [0, 0.1) is 5.41 Å². The highest BCUT2D eigenvalue weighted by molar-refractivity contribution is 6.13. The molecule has 0 radical (unpaired) electrons. The van der Waals surface area contributed by atoms with Crippen LogP contribution in [0.15, 0.2) is 77.9 Å². The molecule has 0 amide bonds. The van der Waals surface area contributed by atoms with E-state index in [4.69, 9.17) is 0 Å². The molecule has 27 heavy (non-hydrogen) atoms. The van der Waals surface area contributed by atoms with Crippen molar-refractivity contribution in [3.8, 4) is 0 Å². The van der Waals surface area contributed by atoms with Crippen LogP contribution < -0.4 is 0 Å². The molecule has 140 valence electrons. The van der Waals surface area contributed by atoms with Crippen molar-refractivity contribution in [2.75, 3.05) is 0 Å². The van der Waals surface area contributed by atoms with Gasteiger partial charge in [-0.2, -0.15) is 0 Å². The standard InChI is InChI=1S/C23H24O4/c1-23(2,3)15-18(20(21(24)25)22(26)27)14-19(16-10-6-4-7-11-16)17-12-8-5-9-13-17/h4-14H,15H2,1-3H3,(H,24,25)(H,26,27). The van der Waals surface area contributed by atoms with Gasteiger partial charge in [-0.05, 0) is 40.2 Å². The minimum Gasteiger partial charge on any atom is -0.477 e. The van der Waals surface area contributed by atoms with Gasteiger partial charge in [-0.3, -0.25) is 0 Å². The van der Waals surface area contributed by atoms with Gasteiger partial charge in [0.1, 0.15) is 5.57 Å². The maximum Gasteiger partial charge on any atom is 0.343 e. The van der Waals surface area contributed by atoms with Crippen LogP contribution in [0.3, 0.4) is 0 Å². The number of carboxylic acid groups (broad SMARTS) is 2. The fraction of sp³-hybridized carbons (Fsp3) is 0.217. The Hall–Kier alpha value is -3.14. The van der Waals surface area contributed by atoms with Gasteiger partial charge in [0.25, 0.3) is 0 Å². The Balaban J connectivity index is 2.77. The lowest BCUT2D eigenvalue weighted by Crippen LogP contribution is -2.17. The summed E-state index contributed by atoms with van der Waals surface area (Å²) < 4.78 is 0. The normalized spacial score (nSPS) is 10.8. The highest BCUT2D eigenvalue weighted by Crippen LogP contribution is 2.32. The van der Waals surface area contributed by atoms with Crippen molar-refractivity contribution in [2.45, 2.75) is 27.2 Å². The molecule has 2 rings (SSSR count). The fourth-order valence-electron chi connectivity index (χ4n) is 2.89. The van der Waals surface area contributed by atoms with Gasteiger partial charge in [-0.1, -0.05) is 81.4 Å². The van der Waals surface area contributed by atoms with Gasteiger partial charge in [-0.15, -0.1) is 0 Å². The second-order valence-electron chi connectivity index (χ2n) is 7.54. The molecule has 0 bridgehead atoms. The number of aliphatic carboxylic acids is 2. The van der Waals surface area contributed by atoms with E-state index in [2.05, 4.69) is 0 Å². The molecule has 0 saturated carbocycles. The largest absolute Gasteiger partial charge is 0.477 e. The number of carboxylic acids is 2. The van der Waals surface area contributed by atoms with Crippen molar-refractivity contribution < 1.29 is 19.8 Å². The molecule has 0 unspecified atom stereocenters. The summed E-state index contributed by atoms with van der Waals surface area (Å²) in [4.78, 5) is 23.3. The predicted molar refractivity (Wildman–Crippen MR) is 106 cm³/mol. The molecule has 0 aromatic heterocycles. The Morgan fingerprint density at radius 3 is 1.56 bits per heavy atom. The van der Waals surface area contributed by atoms with Crippen molar-refractivity contribution in [1.82, 2.24) is 0 Å². The van der Waals surface area contributed by atoms with Crippen LogP contribution in [0.5, 0.6) is 0 Å². The average molecular weight is 364 g/mol. The molecule has 0 aliphatic rings. The van der Waals surface area contributed by atoms with E-state index in [1.807, 2.05) is 81.4 Å². The molecule has 2 aromatic rings. The highest BCUT2D eigenvalue weighted by atomic mass is 16.4. The molecular formula is C23H24O4. The fourth-order valence-corrected chi connectivity index (χ4v) is 2.89. The second-order valence-corrected chi connectivity index (χ2v) is 7.54. The molecule has 0 heterocycles. The summed E-state index contributed by atoms with van der Waals surface area (Å²) in [6.07, 6.45) is 2.03. The minimum atomic E-state index is -1.43. The van der Waals surface area contributed by atoms with E-state index in [9.17, 15) is 19.8 Å². The zero-order chi connectivity index (χ0) is 20.0. The van der Waals surface area contributed by atoms with Crippen LogP contribution in [0.1, 0.15) is 38.3 Å². The first-order valence-corrected chi connectivity index (χ1v) is 8.71. The van der Waals surface area contributed by atoms with E-state index in [-0.39, 0.29) is 5.41 Å². The lowest BCUT2D eigenvalue weighted by atomic mass is 9.84. The Morgan fingerprint density at radius 2 is 1.22 bits per heavy atom. The van der Waals surface area contributed by atoms with E-state index in [0.29, 0.717) is 12.0 Å². The van der Waals surface area contributed by atoms with Gasteiger partial charge in [-0.25, -0.2) is 9.59 Å². The Labute approximate surface area is 159 Å². The van der Waals surface area contributed by atoms with Crippen LogP contribution in [-0.4, -0.2) is 22.2 Å². The average Bonchev–Trinajstić information content (AvgIpc) is 2.59. The number of carbonyl (C=O) groups is 2. The number of allylic oxidation sites excluding steroid dienone is 2. The van der Waals surface area contributed by atoms with Crippen molar-refractivity contribution in [2.24, 2.45) is 5.41 Å². The number of hydrogen-bond acceptors (Lipinski definition) is 2. The summed E-state index contributed by atoms with van der Waals surface area (Å²) in [5.74, 6) is -2.86. The Morgan fingerprint density at radius 1 is 0.815 bits per heavy atom.